The molecule has 2 N–H and O–H groups in total. The summed E-state index contributed by atoms with van der Waals surface area (Å²) in [6.45, 7) is 3.94. The minimum Gasteiger partial charge on any atom is -0.341 e. The fourth-order valence-electron chi connectivity index (χ4n) is 4.15. The molecule has 0 aliphatic carbocycles. The van der Waals surface area contributed by atoms with Crippen molar-refractivity contribution in [1.82, 2.24) is 29.3 Å². The first-order valence-electron chi connectivity index (χ1n) is 10.7. The maximum atomic E-state index is 13.4. The van der Waals surface area contributed by atoms with Gasteiger partial charge in [0, 0.05) is 19.1 Å². The van der Waals surface area contributed by atoms with Gasteiger partial charge in [-0.2, -0.15) is 5.10 Å². The van der Waals surface area contributed by atoms with Gasteiger partial charge in [0.1, 0.15) is 11.0 Å². The molecule has 1 aromatic carbocycles. The van der Waals surface area contributed by atoms with Crippen LogP contribution in [0.1, 0.15) is 25.5 Å². The Labute approximate surface area is 184 Å². The van der Waals surface area contributed by atoms with E-state index in [1.54, 1.807) is 19.3 Å². The van der Waals surface area contributed by atoms with Crippen LogP contribution in [0.5, 0.6) is 0 Å². The lowest BCUT2D eigenvalue weighted by Gasteiger charge is -2.31. The van der Waals surface area contributed by atoms with Gasteiger partial charge in [0.15, 0.2) is 0 Å². The largest absolute Gasteiger partial charge is 0.341 e. The summed E-state index contributed by atoms with van der Waals surface area (Å²) in [6.07, 6.45) is 5.30. The highest BCUT2D eigenvalue weighted by molar-refractivity contribution is 5.77. The van der Waals surface area contributed by atoms with Gasteiger partial charge >= 0.3 is 0 Å². The molecule has 1 fully saturated rings. The monoisotopic (exact) mass is 428 g/mol. The highest BCUT2D eigenvalue weighted by Crippen LogP contribution is 2.23. The van der Waals surface area contributed by atoms with E-state index in [-0.39, 0.29) is 18.1 Å². The molecule has 1 saturated heterocycles. The molecule has 162 valence electrons. The van der Waals surface area contributed by atoms with Crippen molar-refractivity contribution in [3.05, 3.63) is 52.7 Å². The Morgan fingerprint density at radius 1 is 1.16 bits per heavy atom. The van der Waals surface area contributed by atoms with Gasteiger partial charge in [0.25, 0.3) is 5.56 Å². The van der Waals surface area contributed by atoms with Gasteiger partial charge < -0.3 is 10.6 Å². The lowest BCUT2D eigenvalue weighted by Crippen LogP contribution is -2.44. The summed E-state index contributed by atoms with van der Waals surface area (Å²) < 4.78 is 3.29. The second-order valence-corrected chi connectivity index (χ2v) is 7.96. The number of imidazole rings is 1. The van der Waals surface area contributed by atoms with Crippen molar-refractivity contribution in [1.29, 1.82) is 0 Å². The summed E-state index contributed by atoms with van der Waals surface area (Å²) in [5.74, 6) is 6.71. The highest BCUT2D eigenvalue weighted by atomic mass is 16.1. The van der Waals surface area contributed by atoms with Crippen molar-refractivity contribution in [2.45, 2.75) is 38.9 Å². The fourth-order valence-corrected chi connectivity index (χ4v) is 4.15. The minimum atomic E-state index is -0.226. The van der Waals surface area contributed by atoms with Gasteiger partial charge in [0.05, 0.1) is 42.2 Å². The zero-order valence-electron chi connectivity index (χ0n) is 17.9. The van der Waals surface area contributed by atoms with Crippen LogP contribution in [0.2, 0.25) is 0 Å². The molecule has 0 unspecified atom stereocenters. The van der Waals surface area contributed by atoms with E-state index in [1.165, 1.54) is 4.68 Å². The first kappa shape index (κ1) is 20.2. The van der Waals surface area contributed by atoms with Gasteiger partial charge in [-0.3, -0.25) is 14.3 Å². The number of hydrogen-bond donors (Lipinski definition) is 1. The molecule has 9 nitrogen and oxygen atoms in total. The number of hydrogen-bond acceptors (Lipinski definition) is 7. The normalized spacial score (nSPS) is 16.3. The van der Waals surface area contributed by atoms with E-state index in [0.29, 0.717) is 29.8 Å². The zero-order valence-corrected chi connectivity index (χ0v) is 17.9. The average Bonchev–Trinajstić information content (AvgIpc) is 3.19. The van der Waals surface area contributed by atoms with Crippen molar-refractivity contribution in [3.8, 4) is 11.8 Å². The summed E-state index contributed by atoms with van der Waals surface area (Å²) in [6, 6.07) is 7.74. The molecule has 0 bridgehead atoms. The molecular formula is C23H24N8O. The summed E-state index contributed by atoms with van der Waals surface area (Å²) >= 11 is 0. The van der Waals surface area contributed by atoms with E-state index in [0.717, 1.165) is 36.4 Å². The van der Waals surface area contributed by atoms with Gasteiger partial charge in [-0.15, -0.1) is 5.92 Å². The van der Waals surface area contributed by atoms with E-state index < -0.39 is 0 Å². The van der Waals surface area contributed by atoms with Crippen molar-refractivity contribution >= 4 is 28.0 Å². The number of nitrogens with zero attached hydrogens (tertiary/aromatic N) is 7. The Balaban J connectivity index is 1.58. The molecule has 9 heteroatoms. The summed E-state index contributed by atoms with van der Waals surface area (Å²) in [4.78, 5) is 29.4. The van der Waals surface area contributed by atoms with Crippen LogP contribution in [0.15, 0.2) is 41.5 Å². The third-order valence-electron chi connectivity index (χ3n) is 5.70. The van der Waals surface area contributed by atoms with Crippen LogP contribution in [0.4, 0.5) is 5.95 Å². The predicted octanol–water partition coefficient (Wildman–Crippen LogP) is 1.54. The maximum Gasteiger partial charge on any atom is 0.293 e. The first-order chi connectivity index (χ1) is 15.6. The quantitative estimate of drug-likeness (QED) is 0.491. The molecule has 1 aliphatic heterocycles. The third kappa shape index (κ3) is 3.69. The lowest BCUT2D eigenvalue weighted by molar-refractivity contribution is 0.496. The zero-order chi connectivity index (χ0) is 22.1. The number of anilines is 1. The second-order valence-electron chi connectivity index (χ2n) is 7.96. The van der Waals surface area contributed by atoms with Crippen molar-refractivity contribution in [2.75, 3.05) is 18.0 Å². The van der Waals surface area contributed by atoms with E-state index in [4.69, 9.17) is 10.7 Å². The maximum absolute atomic E-state index is 13.4. The predicted molar refractivity (Wildman–Crippen MR) is 123 cm³/mol. The van der Waals surface area contributed by atoms with Gasteiger partial charge in [-0.05, 0) is 31.9 Å². The molecular weight excluding hydrogens is 404 g/mol. The van der Waals surface area contributed by atoms with Crippen LogP contribution in [-0.2, 0) is 13.1 Å². The van der Waals surface area contributed by atoms with E-state index in [9.17, 15) is 4.79 Å². The lowest BCUT2D eigenvalue weighted by atomic mass is 10.1. The molecule has 4 aromatic rings. The Bertz CT molecular complexity index is 1410. The topological polar surface area (TPSA) is 108 Å². The average molecular weight is 429 g/mol. The Hall–Kier alpha value is -3.77. The van der Waals surface area contributed by atoms with E-state index in [2.05, 4.69) is 31.8 Å². The number of benzene rings is 1. The molecule has 0 radical (unpaired) electrons. The summed E-state index contributed by atoms with van der Waals surface area (Å²) in [7, 11) is 0. The molecule has 1 atom stereocenters. The molecule has 5 rings (SSSR count). The second kappa shape index (κ2) is 8.40. The van der Waals surface area contributed by atoms with Crippen molar-refractivity contribution in [2.24, 2.45) is 5.73 Å². The van der Waals surface area contributed by atoms with Crippen LogP contribution in [0, 0.1) is 11.8 Å². The molecule has 0 saturated carbocycles. The van der Waals surface area contributed by atoms with Crippen LogP contribution >= 0.6 is 0 Å². The summed E-state index contributed by atoms with van der Waals surface area (Å²) in [5.41, 5.74) is 9.27. The number of rotatable bonds is 4. The number of aromatic nitrogens is 6. The van der Waals surface area contributed by atoms with E-state index >= 15 is 0 Å². The molecule has 32 heavy (non-hydrogen) atoms. The third-order valence-corrected chi connectivity index (χ3v) is 5.70. The number of piperidine rings is 1. The molecule has 4 heterocycles. The first-order valence-corrected chi connectivity index (χ1v) is 10.7. The summed E-state index contributed by atoms with van der Waals surface area (Å²) in [5, 5.41) is 4.36. The van der Waals surface area contributed by atoms with Gasteiger partial charge in [-0.25, -0.2) is 14.6 Å². The molecule has 0 amide bonds. The van der Waals surface area contributed by atoms with Crippen molar-refractivity contribution < 1.29 is 0 Å². The van der Waals surface area contributed by atoms with Gasteiger partial charge in [-0.1, -0.05) is 18.1 Å². The highest BCUT2D eigenvalue weighted by Gasteiger charge is 2.24. The van der Waals surface area contributed by atoms with E-state index in [1.807, 2.05) is 28.8 Å². The molecule has 3 aromatic heterocycles. The standard InChI is InChI=1S/C23H24N8O/c1-2-3-11-30-21-20(28-23(30)29-10-6-7-16(24)14-29)13-26-31(22(21)32)15-17-12-25-18-8-4-5-9-19(18)27-17/h4-5,8-9,12-13,16H,6-7,10-11,14-15,24H2,1H3/t16-/m1/s1. The number of fused-ring (bicyclic) bond motifs is 2. The number of para-hydroxylation sites is 2. The number of nitrogens with two attached hydrogens (primary N) is 1. The van der Waals surface area contributed by atoms with Crippen LogP contribution < -0.4 is 16.2 Å². The molecule has 1 aliphatic rings. The van der Waals surface area contributed by atoms with Crippen LogP contribution in [0.3, 0.4) is 0 Å². The van der Waals surface area contributed by atoms with Crippen LogP contribution in [-0.4, -0.2) is 48.4 Å². The molecule has 0 spiro atoms. The van der Waals surface area contributed by atoms with Gasteiger partial charge in [0.2, 0.25) is 5.95 Å². The SMILES string of the molecule is CC#CCn1c(N2CCC[C@@H](N)C2)nc2cnn(Cc3cnc4ccccc4n3)c(=O)c21. The van der Waals surface area contributed by atoms with Crippen LogP contribution in [0.25, 0.3) is 22.1 Å². The Morgan fingerprint density at radius 3 is 2.81 bits per heavy atom. The van der Waals surface area contributed by atoms with Crippen molar-refractivity contribution in [3.63, 3.8) is 0 Å². The Kier molecular flexibility index (Phi) is 5.29. The Morgan fingerprint density at radius 2 is 2.00 bits per heavy atom. The smallest absolute Gasteiger partial charge is 0.293 e. The minimum absolute atomic E-state index is 0.0931. The fraction of sp³-hybridized carbons (Fsp3) is 0.348.